The van der Waals surface area contributed by atoms with Crippen LogP contribution in [0.5, 0.6) is 11.5 Å². The minimum absolute atomic E-state index is 0.138. The van der Waals surface area contributed by atoms with Crippen LogP contribution in [0.3, 0.4) is 0 Å². The standard InChI is InChI=1S/C22H28N2O3/c1-18(2)27-21-11-7-6-10-20(21)23-13-15-24(16-14-23)22(25)12-17-26-19-8-4-3-5-9-19/h3-11,18H,12-17H2,1-2H3. The molecule has 2 aromatic rings. The molecule has 0 spiro atoms. The van der Waals surface area contributed by atoms with Crippen molar-refractivity contribution in [1.82, 2.24) is 4.90 Å². The van der Waals surface area contributed by atoms with Gasteiger partial charge in [-0.05, 0) is 38.1 Å². The van der Waals surface area contributed by atoms with Crippen molar-refractivity contribution in [2.24, 2.45) is 0 Å². The van der Waals surface area contributed by atoms with Gasteiger partial charge in [-0.15, -0.1) is 0 Å². The zero-order chi connectivity index (χ0) is 19.1. The molecule has 0 bridgehead atoms. The molecule has 1 saturated heterocycles. The Morgan fingerprint density at radius 2 is 1.63 bits per heavy atom. The summed E-state index contributed by atoms with van der Waals surface area (Å²) in [5.74, 6) is 1.86. The minimum atomic E-state index is 0.138. The molecule has 5 heteroatoms. The van der Waals surface area contributed by atoms with E-state index in [1.807, 2.05) is 67.3 Å². The Morgan fingerprint density at radius 1 is 0.963 bits per heavy atom. The highest BCUT2D eigenvalue weighted by molar-refractivity contribution is 5.76. The van der Waals surface area contributed by atoms with Gasteiger partial charge in [0.05, 0.1) is 24.8 Å². The number of para-hydroxylation sites is 3. The molecule has 1 heterocycles. The summed E-state index contributed by atoms with van der Waals surface area (Å²) in [7, 11) is 0. The Labute approximate surface area is 161 Å². The number of carbonyl (C=O) groups is 1. The summed E-state index contributed by atoms with van der Waals surface area (Å²) in [6.07, 6.45) is 0.542. The van der Waals surface area contributed by atoms with Crippen LogP contribution in [-0.2, 0) is 4.79 Å². The third-order valence-electron chi connectivity index (χ3n) is 4.53. The lowest BCUT2D eigenvalue weighted by Crippen LogP contribution is -2.49. The van der Waals surface area contributed by atoms with Gasteiger partial charge in [0.15, 0.2) is 0 Å². The molecule has 144 valence electrons. The highest BCUT2D eigenvalue weighted by atomic mass is 16.5. The monoisotopic (exact) mass is 368 g/mol. The molecule has 0 unspecified atom stereocenters. The number of benzene rings is 2. The Kier molecular flexibility index (Phi) is 6.58. The van der Waals surface area contributed by atoms with Crippen LogP contribution in [-0.4, -0.2) is 49.7 Å². The van der Waals surface area contributed by atoms with Gasteiger partial charge in [0.2, 0.25) is 5.91 Å². The Balaban J connectivity index is 1.48. The average Bonchev–Trinajstić information content (AvgIpc) is 2.69. The fourth-order valence-corrected chi connectivity index (χ4v) is 3.20. The molecule has 3 rings (SSSR count). The number of nitrogens with zero attached hydrogens (tertiary/aromatic N) is 2. The third-order valence-corrected chi connectivity index (χ3v) is 4.53. The fourth-order valence-electron chi connectivity index (χ4n) is 3.20. The summed E-state index contributed by atoms with van der Waals surface area (Å²) in [5.41, 5.74) is 1.10. The Bertz CT molecular complexity index is 725. The number of carbonyl (C=O) groups excluding carboxylic acids is 1. The molecule has 0 aromatic heterocycles. The zero-order valence-electron chi connectivity index (χ0n) is 16.1. The molecular formula is C22H28N2O3. The van der Waals surface area contributed by atoms with Crippen LogP contribution < -0.4 is 14.4 Å². The van der Waals surface area contributed by atoms with Gasteiger partial charge >= 0.3 is 0 Å². The molecule has 0 aliphatic carbocycles. The first kappa shape index (κ1) is 19.1. The van der Waals surface area contributed by atoms with Gasteiger partial charge in [0.1, 0.15) is 11.5 Å². The first-order chi connectivity index (χ1) is 13.1. The topological polar surface area (TPSA) is 42.0 Å². The maximum atomic E-state index is 12.4. The van der Waals surface area contributed by atoms with Crippen molar-refractivity contribution in [3.63, 3.8) is 0 Å². The van der Waals surface area contributed by atoms with Crippen LogP contribution in [0.1, 0.15) is 20.3 Å². The number of ether oxygens (including phenoxy) is 2. The second kappa shape index (κ2) is 9.31. The van der Waals surface area contributed by atoms with E-state index in [2.05, 4.69) is 11.0 Å². The van der Waals surface area contributed by atoms with E-state index in [4.69, 9.17) is 9.47 Å². The summed E-state index contributed by atoms with van der Waals surface area (Å²) in [5, 5.41) is 0. The molecule has 0 N–H and O–H groups in total. The van der Waals surface area contributed by atoms with E-state index < -0.39 is 0 Å². The largest absolute Gasteiger partial charge is 0.493 e. The molecule has 27 heavy (non-hydrogen) atoms. The first-order valence-electron chi connectivity index (χ1n) is 9.60. The summed E-state index contributed by atoms with van der Waals surface area (Å²) >= 11 is 0. The van der Waals surface area contributed by atoms with Crippen molar-refractivity contribution in [3.8, 4) is 11.5 Å². The lowest BCUT2D eigenvalue weighted by atomic mass is 10.2. The number of anilines is 1. The highest BCUT2D eigenvalue weighted by Crippen LogP contribution is 2.29. The quantitative estimate of drug-likeness (QED) is 0.749. The predicted octanol–water partition coefficient (Wildman–Crippen LogP) is 3.59. The van der Waals surface area contributed by atoms with E-state index in [0.717, 1.165) is 43.4 Å². The summed E-state index contributed by atoms with van der Waals surface area (Å²) in [4.78, 5) is 16.7. The molecule has 0 radical (unpaired) electrons. The van der Waals surface area contributed by atoms with Crippen molar-refractivity contribution < 1.29 is 14.3 Å². The van der Waals surface area contributed by atoms with Crippen molar-refractivity contribution >= 4 is 11.6 Å². The summed E-state index contributed by atoms with van der Waals surface area (Å²) < 4.78 is 11.6. The molecule has 1 aliphatic heterocycles. The lowest BCUT2D eigenvalue weighted by Gasteiger charge is -2.37. The zero-order valence-corrected chi connectivity index (χ0v) is 16.1. The number of hydrogen-bond donors (Lipinski definition) is 0. The fraction of sp³-hybridized carbons (Fsp3) is 0.409. The van der Waals surface area contributed by atoms with Crippen molar-refractivity contribution in [2.75, 3.05) is 37.7 Å². The molecule has 0 atom stereocenters. The minimum Gasteiger partial charge on any atom is -0.493 e. The van der Waals surface area contributed by atoms with Gasteiger partial charge < -0.3 is 19.3 Å². The number of piperazine rings is 1. The maximum Gasteiger partial charge on any atom is 0.226 e. The number of amides is 1. The predicted molar refractivity (Wildman–Crippen MR) is 108 cm³/mol. The molecule has 1 fully saturated rings. The maximum absolute atomic E-state index is 12.4. The van der Waals surface area contributed by atoms with E-state index in [-0.39, 0.29) is 12.0 Å². The summed E-state index contributed by atoms with van der Waals surface area (Å²) in [6.45, 7) is 7.54. The molecule has 1 amide bonds. The molecule has 0 saturated carbocycles. The SMILES string of the molecule is CC(C)Oc1ccccc1N1CCN(C(=O)CCOc2ccccc2)CC1. The number of rotatable bonds is 7. The van der Waals surface area contributed by atoms with Gasteiger partial charge in [-0.1, -0.05) is 30.3 Å². The van der Waals surface area contributed by atoms with E-state index in [9.17, 15) is 4.79 Å². The molecule has 5 nitrogen and oxygen atoms in total. The normalized spacial score (nSPS) is 14.3. The second-order valence-corrected chi connectivity index (χ2v) is 6.91. The van der Waals surface area contributed by atoms with Crippen LogP contribution in [0.2, 0.25) is 0 Å². The van der Waals surface area contributed by atoms with E-state index in [0.29, 0.717) is 13.0 Å². The van der Waals surface area contributed by atoms with Crippen molar-refractivity contribution in [1.29, 1.82) is 0 Å². The van der Waals surface area contributed by atoms with Crippen molar-refractivity contribution in [2.45, 2.75) is 26.4 Å². The lowest BCUT2D eigenvalue weighted by molar-refractivity contribution is -0.132. The molecule has 2 aromatic carbocycles. The van der Waals surface area contributed by atoms with Crippen molar-refractivity contribution in [3.05, 3.63) is 54.6 Å². The highest BCUT2D eigenvalue weighted by Gasteiger charge is 2.23. The Morgan fingerprint density at radius 3 is 2.33 bits per heavy atom. The smallest absolute Gasteiger partial charge is 0.226 e. The van der Waals surface area contributed by atoms with Crippen LogP contribution in [0.15, 0.2) is 54.6 Å². The van der Waals surface area contributed by atoms with Crippen LogP contribution in [0.4, 0.5) is 5.69 Å². The van der Waals surface area contributed by atoms with Gasteiger partial charge in [-0.3, -0.25) is 4.79 Å². The van der Waals surface area contributed by atoms with Gasteiger partial charge in [-0.25, -0.2) is 0 Å². The van der Waals surface area contributed by atoms with Gasteiger partial charge in [0.25, 0.3) is 0 Å². The Hall–Kier alpha value is -2.69. The first-order valence-corrected chi connectivity index (χ1v) is 9.60. The number of hydrogen-bond acceptors (Lipinski definition) is 4. The van der Waals surface area contributed by atoms with Gasteiger partial charge in [0, 0.05) is 26.2 Å². The molecular weight excluding hydrogens is 340 g/mol. The third kappa shape index (κ3) is 5.39. The van der Waals surface area contributed by atoms with Crippen LogP contribution >= 0.6 is 0 Å². The van der Waals surface area contributed by atoms with E-state index >= 15 is 0 Å². The van der Waals surface area contributed by atoms with Crippen LogP contribution in [0, 0.1) is 0 Å². The molecule has 1 aliphatic rings. The summed E-state index contributed by atoms with van der Waals surface area (Å²) in [6, 6.07) is 17.7. The van der Waals surface area contributed by atoms with E-state index in [1.54, 1.807) is 0 Å². The van der Waals surface area contributed by atoms with Crippen LogP contribution in [0.25, 0.3) is 0 Å². The van der Waals surface area contributed by atoms with E-state index in [1.165, 1.54) is 0 Å². The second-order valence-electron chi connectivity index (χ2n) is 6.91. The average molecular weight is 368 g/mol. The van der Waals surface area contributed by atoms with Gasteiger partial charge in [-0.2, -0.15) is 0 Å².